The Balaban J connectivity index is 2.02. The number of rotatable bonds is 0. The van der Waals surface area contributed by atoms with Gasteiger partial charge in [0.2, 0.25) is 0 Å². The van der Waals surface area contributed by atoms with Crippen LogP contribution in [0.1, 0.15) is 39.2 Å². The first-order chi connectivity index (χ1) is 8.49. The molecule has 1 spiro atoms. The van der Waals surface area contributed by atoms with Crippen molar-refractivity contribution in [2.24, 2.45) is 0 Å². The average Bonchev–Trinajstić information content (AvgIpc) is 2.89. The SMILES string of the molecule is CC(C)(C)c1cn2c3c(cccc13)OC1(CC1)C2. The van der Waals surface area contributed by atoms with E-state index in [1.807, 2.05) is 0 Å². The fraction of sp³-hybridized carbons (Fsp3) is 0.500. The second-order valence-electron chi connectivity index (χ2n) is 6.86. The molecule has 0 saturated heterocycles. The summed E-state index contributed by atoms with van der Waals surface area (Å²) in [6.45, 7) is 7.87. The predicted octanol–water partition coefficient (Wildman–Crippen LogP) is 3.86. The minimum Gasteiger partial charge on any atom is -0.483 e. The van der Waals surface area contributed by atoms with Crippen LogP contribution in [0.25, 0.3) is 10.9 Å². The third-order valence-corrected chi connectivity index (χ3v) is 4.26. The summed E-state index contributed by atoms with van der Waals surface area (Å²) in [5.41, 5.74) is 3.03. The molecule has 1 aromatic carbocycles. The normalized spacial score (nSPS) is 20.2. The number of nitrogens with zero attached hydrogens (tertiary/aromatic N) is 1. The van der Waals surface area contributed by atoms with Crippen molar-refractivity contribution < 1.29 is 4.74 Å². The van der Waals surface area contributed by atoms with E-state index < -0.39 is 0 Å². The van der Waals surface area contributed by atoms with Crippen molar-refractivity contribution in [2.75, 3.05) is 0 Å². The Kier molecular flexibility index (Phi) is 1.71. The van der Waals surface area contributed by atoms with Gasteiger partial charge < -0.3 is 9.30 Å². The third kappa shape index (κ3) is 1.29. The van der Waals surface area contributed by atoms with E-state index in [2.05, 4.69) is 49.7 Å². The molecule has 94 valence electrons. The van der Waals surface area contributed by atoms with Gasteiger partial charge >= 0.3 is 0 Å². The third-order valence-electron chi connectivity index (χ3n) is 4.26. The van der Waals surface area contributed by atoms with E-state index >= 15 is 0 Å². The quantitative estimate of drug-likeness (QED) is 0.683. The molecular formula is C16H19NO. The molecule has 1 aromatic heterocycles. The number of ether oxygens (including phenoxy) is 1. The fourth-order valence-electron chi connectivity index (χ4n) is 3.11. The van der Waals surface area contributed by atoms with E-state index in [0.717, 1.165) is 12.3 Å². The number of hydrogen-bond donors (Lipinski definition) is 0. The molecule has 4 rings (SSSR count). The highest BCUT2D eigenvalue weighted by Crippen LogP contribution is 2.49. The van der Waals surface area contributed by atoms with E-state index in [1.165, 1.54) is 29.3 Å². The zero-order valence-electron chi connectivity index (χ0n) is 11.3. The van der Waals surface area contributed by atoms with Crippen LogP contribution in [0.3, 0.4) is 0 Å². The second kappa shape index (κ2) is 2.93. The van der Waals surface area contributed by atoms with Crippen molar-refractivity contribution >= 4 is 10.9 Å². The maximum Gasteiger partial charge on any atom is 0.144 e. The molecule has 2 aromatic rings. The Bertz CT molecular complexity index is 641. The van der Waals surface area contributed by atoms with Gasteiger partial charge in [0.25, 0.3) is 0 Å². The van der Waals surface area contributed by atoms with E-state index in [-0.39, 0.29) is 11.0 Å². The topological polar surface area (TPSA) is 14.2 Å². The molecule has 0 atom stereocenters. The average molecular weight is 241 g/mol. The van der Waals surface area contributed by atoms with E-state index in [9.17, 15) is 0 Å². The molecule has 2 aliphatic rings. The second-order valence-corrected chi connectivity index (χ2v) is 6.86. The molecule has 0 radical (unpaired) electrons. The molecule has 1 fully saturated rings. The summed E-state index contributed by atoms with van der Waals surface area (Å²) in [6.07, 6.45) is 4.74. The lowest BCUT2D eigenvalue weighted by atomic mass is 9.87. The van der Waals surface area contributed by atoms with Gasteiger partial charge in [0.15, 0.2) is 0 Å². The van der Waals surface area contributed by atoms with Gasteiger partial charge in [-0.1, -0.05) is 32.9 Å². The summed E-state index contributed by atoms with van der Waals surface area (Å²) in [7, 11) is 0. The molecule has 1 aliphatic heterocycles. The van der Waals surface area contributed by atoms with Crippen molar-refractivity contribution in [3.05, 3.63) is 30.0 Å². The molecule has 2 heterocycles. The highest BCUT2D eigenvalue weighted by atomic mass is 16.5. The van der Waals surface area contributed by atoms with Gasteiger partial charge in [0.1, 0.15) is 11.4 Å². The molecule has 1 aliphatic carbocycles. The maximum atomic E-state index is 6.21. The van der Waals surface area contributed by atoms with Gasteiger partial charge in [0, 0.05) is 11.6 Å². The lowest BCUT2D eigenvalue weighted by Gasteiger charge is -2.25. The minimum absolute atomic E-state index is 0.120. The molecule has 2 heteroatoms. The molecule has 0 amide bonds. The zero-order chi connectivity index (χ0) is 12.5. The van der Waals surface area contributed by atoms with Crippen LogP contribution in [-0.2, 0) is 12.0 Å². The van der Waals surface area contributed by atoms with Crippen molar-refractivity contribution in [1.82, 2.24) is 4.57 Å². The van der Waals surface area contributed by atoms with E-state index in [0.29, 0.717) is 0 Å². The largest absolute Gasteiger partial charge is 0.483 e. The van der Waals surface area contributed by atoms with Crippen LogP contribution in [0.2, 0.25) is 0 Å². The number of aromatic nitrogens is 1. The van der Waals surface area contributed by atoms with Crippen LogP contribution in [0.15, 0.2) is 24.4 Å². The van der Waals surface area contributed by atoms with E-state index in [1.54, 1.807) is 0 Å². The molecule has 1 saturated carbocycles. The van der Waals surface area contributed by atoms with Gasteiger partial charge in [-0.05, 0) is 29.9 Å². The number of benzene rings is 1. The van der Waals surface area contributed by atoms with E-state index in [4.69, 9.17) is 4.74 Å². The molecule has 0 bridgehead atoms. The molecule has 0 N–H and O–H groups in total. The van der Waals surface area contributed by atoms with Crippen LogP contribution in [0.5, 0.6) is 5.75 Å². The van der Waals surface area contributed by atoms with Crippen molar-refractivity contribution in [3.8, 4) is 5.75 Å². The van der Waals surface area contributed by atoms with Crippen LogP contribution in [0.4, 0.5) is 0 Å². The van der Waals surface area contributed by atoms with Crippen molar-refractivity contribution in [3.63, 3.8) is 0 Å². The van der Waals surface area contributed by atoms with Crippen molar-refractivity contribution in [2.45, 2.75) is 51.2 Å². The molecule has 18 heavy (non-hydrogen) atoms. The fourth-order valence-corrected chi connectivity index (χ4v) is 3.11. The Morgan fingerprint density at radius 3 is 2.67 bits per heavy atom. The monoisotopic (exact) mass is 241 g/mol. The number of hydrogen-bond acceptors (Lipinski definition) is 1. The first-order valence-electron chi connectivity index (χ1n) is 6.80. The van der Waals surface area contributed by atoms with Crippen LogP contribution >= 0.6 is 0 Å². The van der Waals surface area contributed by atoms with Gasteiger partial charge in [-0.3, -0.25) is 0 Å². The lowest BCUT2D eigenvalue weighted by Crippen LogP contribution is -2.28. The Morgan fingerprint density at radius 1 is 1.22 bits per heavy atom. The highest BCUT2D eigenvalue weighted by molar-refractivity contribution is 5.90. The Morgan fingerprint density at radius 2 is 2.00 bits per heavy atom. The van der Waals surface area contributed by atoms with Gasteiger partial charge in [-0.25, -0.2) is 0 Å². The number of para-hydroxylation sites is 1. The lowest BCUT2D eigenvalue weighted by molar-refractivity contribution is 0.148. The summed E-state index contributed by atoms with van der Waals surface area (Å²) in [4.78, 5) is 0. The maximum absolute atomic E-state index is 6.21. The Labute approximate surface area is 108 Å². The van der Waals surface area contributed by atoms with Crippen LogP contribution in [0, 0.1) is 0 Å². The molecule has 2 nitrogen and oxygen atoms in total. The first kappa shape index (κ1) is 10.5. The Hall–Kier alpha value is -1.44. The standard InChI is InChI=1S/C16H19NO/c1-15(2,3)12-9-17-10-16(7-8-16)18-13-6-4-5-11(12)14(13)17/h4-6,9H,7-8,10H2,1-3H3. The molecule has 0 unspecified atom stereocenters. The van der Waals surface area contributed by atoms with Gasteiger partial charge in [0.05, 0.1) is 12.1 Å². The highest BCUT2D eigenvalue weighted by Gasteiger charge is 2.48. The molecular weight excluding hydrogens is 222 g/mol. The van der Waals surface area contributed by atoms with Gasteiger partial charge in [-0.15, -0.1) is 0 Å². The summed E-state index contributed by atoms with van der Waals surface area (Å²) in [6, 6.07) is 6.47. The summed E-state index contributed by atoms with van der Waals surface area (Å²) < 4.78 is 8.63. The van der Waals surface area contributed by atoms with Crippen molar-refractivity contribution in [1.29, 1.82) is 0 Å². The predicted molar refractivity (Wildman–Crippen MR) is 73.2 cm³/mol. The van der Waals surface area contributed by atoms with Crippen LogP contribution in [-0.4, -0.2) is 10.2 Å². The van der Waals surface area contributed by atoms with Crippen LogP contribution < -0.4 is 4.74 Å². The van der Waals surface area contributed by atoms with Gasteiger partial charge in [-0.2, -0.15) is 0 Å². The summed E-state index contributed by atoms with van der Waals surface area (Å²) in [5.74, 6) is 1.08. The summed E-state index contributed by atoms with van der Waals surface area (Å²) >= 11 is 0. The zero-order valence-corrected chi connectivity index (χ0v) is 11.3. The smallest absolute Gasteiger partial charge is 0.144 e. The first-order valence-corrected chi connectivity index (χ1v) is 6.80. The minimum atomic E-state index is 0.120. The summed E-state index contributed by atoms with van der Waals surface area (Å²) in [5, 5.41) is 1.36.